The fraction of sp³-hybridized carbons (Fsp3) is 0.233. The van der Waals surface area contributed by atoms with Crippen LogP contribution in [0.1, 0.15) is 21.1 Å². The predicted octanol–water partition coefficient (Wildman–Crippen LogP) is 5.36. The summed E-state index contributed by atoms with van der Waals surface area (Å²) < 4.78 is 7.30. The van der Waals surface area contributed by atoms with Crippen molar-refractivity contribution >= 4 is 34.7 Å². The molecule has 1 saturated heterocycles. The highest BCUT2D eigenvalue weighted by atomic mass is 32.2. The Bertz CT molecular complexity index is 1610. The zero-order chi connectivity index (χ0) is 28.2. The predicted molar refractivity (Wildman–Crippen MR) is 162 cm³/mol. The second-order valence-electron chi connectivity index (χ2n) is 9.61. The normalized spacial score (nSPS) is 13.4. The highest BCUT2D eigenvalue weighted by Gasteiger charge is 2.24. The summed E-state index contributed by atoms with van der Waals surface area (Å²) >= 11 is 3.05. The Morgan fingerprint density at radius 2 is 1.73 bits per heavy atom. The number of benzene rings is 2. The van der Waals surface area contributed by atoms with E-state index in [0.717, 1.165) is 51.8 Å². The fourth-order valence-corrected chi connectivity index (χ4v) is 6.43. The van der Waals surface area contributed by atoms with Crippen molar-refractivity contribution < 1.29 is 9.53 Å². The van der Waals surface area contributed by atoms with Crippen molar-refractivity contribution in [3.63, 3.8) is 0 Å². The molecule has 4 heterocycles. The Kier molecular flexibility index (Phi) is 7.97. The second kappa shape index (κ2) is 12.1. The molecule has 0 saturated carbocycles. The van der Waals surface area contributed by atoms with E-state index in [0.29, 0.717) is 24.5 Å². The maximum absolute atomic E-state index is 13.2. The van der Waals surface area contributed by atoms with Crippen LogP contribution in [0.15, 0.2) is 83.6 Å². The van der Waals surface area contributed by atoms with Gasteiger partial charge in [0.25, 0.3) is 5.91 Å². The standard InChI is InChI=1S/C30H29N7O2S2/c1-21-5-7-24(8-6-21)37-28(22-4-3-13-31-18-22)33-34-30(37)41-20-27-32-26(19-40-27)29(38)36-16-14-35(15-17-36)23-9-11-25(39-2)12-10-23/h3-13,18-19H,14-17,20H2,1-2H3. The monoisotopic (exact) mass is 583 g/mol. The summed E-state index contributed by atoms with van der Waals surface area (Å²) in [6.45, 7) is 4.93. The van der Waals surface area contributed by atoms with E-state index in [1.54, 1.807) is 31.3 Å². The second-order valence-corrected chi connectivity index (χ2v) is 11.5. The van der Waals surface area contributed by atoms with Gasteiger partial charge in [-0.1, -0.05) is 29.5 Å². The van der Waals surface area contributed by atoms with Crippen molar-refractivity contribution in [2.24, 2.45) is 0 Å². The molecule has 41 heavy (non-hydrogen) atoms. The number of amides is 1. The Hall–Kier alpha value is -4.22. The first kappa shape index (κ1) is 27.0. The zero-order valence-electron chi connectivity index (χ0n) is 22.8. The van der Waals surface area contributed by atoms with Gasteiger partial charge in [0.15, 0.2) is 11.0 Å². The highest BCUT2D eigenvalue weighted by molar-refractivity contribution is 7.98. The summed E-state index contributed by atoms with van der Waals surface area (Å²) in [6.07, 6.45) is 3.53. The quantitative estimate of drug-likeness (QED) is 0.226. The van der Waals surface area contributed by atoms with Crippen LogP contribution in [0.25, 0.3) is 17.1 Å². The van der Waals surface area contributed by atoms with E-state index < -0.39 is 0 Å². The van der Waals surface area contributed by atoms with Crippen molar-refractivity contribution in [2.45, 2.75) is 17.8 Å². The Morgan fingerprint density at radius 1 is 0.976 bits per heavy atom. The molecule has 6 rings (SSSR count). The van der Waals surface area contributed by atoms with Crippen LogP contribution in [-0.2, 0) is 5.75 Å². The molecule has 0 bridgehead atoms. The summed E-state index contributed by atoms with van der Waals surface area (Å²) in [5.41, 5.74) is 4.68. The summed E-state index contributed by atoms with van der Waals surface area (Å²) in [5, 5.41) is 12.5. The van der Waals surface area contributed by atoms with Gasteiger partial charge in [0.2, 0.25) is 0 Å². The number of nitrogens with zero attached hydrogens (tertiary/aromatic N) is 7. The molecule has 208 valence electrons. The summed E-state index contributed by atoms with van der Waals surface area (Å²) in [6, 6.07) is 20.2. The number of pyridine rings is 1. The van der Waals surface area contributed by atoms with Crippen LogP contribution in [0.5, 0.6) is 5.75 Å². The average Bonchev–Trinajstić information content (AvgIpc) is 3.68. The number of methoxy groups -OCH3 is 1. The number of hydrogen-bond donors (Lipinski definition) is 0. The molecule has 5 aromatic rings. The van der Waals surface area contributed by atoms with Gasteiger partial charge in [0.1, 0.15) is 16.5 Å². The number of anilines is 1. The minimum absolute atomic E-state index is 0.0198. The molecule has 1 amide bonds. The first-order valence-corrected chi connectivity index (χ1v) is 15.1. The molecule has 0 radical (unpaired) electrons. The van der Waals surface area contributed by atoms with E-state index in [1.165, 1.54) is 16.9 Å². The van der Waals surface area contributed by atoms with Gasteiger partial charge >= 0.3 is 0 Å². The third kappa shape index (κ3) is 5.96. The summed E-state index contributed by atoms with van der Waals surface area (Å²) in [7, 11) is 1.67. The number of aromatic nitrogens is 5. The van der Waals surface area contributed by atoms with E-state index in [9.17, 15) is 4.79 Å². The molecule has 11 heteroatoms. The maximum Gasteiger partial charge on any atom is 0.273 e. The third-order valence-corrected chi connectivity index (χ3v) is 8.92. The number of rotatable bonds is 8. The largest absolute Gasteiger partial charge is 0.497 e. The van der Waals surface area contributed by atoms with Crippen molar-refractivity contribution in [2.75, 3.05) is 38.2 Å². The van der Waals surface area contributed by atoms with Crippen LogP contribution < -0.4 is 9.64 Å². The number of aryl methyl sites for hydroxylation is 1. The van der Waals surface area contributed by atoms with E-state index in [-0.39, 0.29) is 5.91 Å². The van der Waals surface area contributed by atoms with Gasteiger partial charge in [-0.2, -0.15) is 0 Å². The molecule has 1 aliphatic heterocycles. The zero-order valence-corrected chi connectivity index (χ0v) is 24.4. The minimum atomic E-state index is -0.0198. The lowest BCUT2D eigenvalue weighted by Gasteiger charge is -2.35. The lowest BCUT2D eigenvalue weighted by molar-refractivity contribution is 0.0741. The molecule has 1 fully saturated rings. The number of carbonyl (C=O) groups is 1. The average molecular weight is 584 g/mol. The Morgan fingerprint density at radius 3 is 2.44 bits per heavy atom. The summed E-state index contributed by atoms with van der Waals surface area (Å²) in [4.78, 5) is 26.4. The van der Waals surface area contributed by atoms with E-state index >= 15 is 0 Å². The molecule has 0 unspecified atom stereocenters. The van der Waals surface area contributed by atoms with Crippen LogP contribution in [-0.4, -0.2) is 68.8 Å². The van der Waals surface area contributed by atoms with Gasteiger partial charge in [0.05, 0.1) is 12.9 Å². The number of thiazole rings is 1. The Labute approximate surface area is 246 Å². The molecule has 0 spiro atoms. The molecule has 1 aliphatic rings. The van der Waals surface area contributed by atoms with Crippen LogP contribution in [0, 0.1) is 6.92 Å². The SMILES string of the molecule is COc1ccc(N2CCN(C(=O)c3csc(CSc4nnc(-c5cccnc5)n4-c4ccc(C)cc4)n3)CC2)cc1. The van der Waals surface area contributed by atoms with Crippen molar-refractivity contribution in [1.82, 2.24) is 29.6 Å². The Balaban J connectivity index is 1.12. The van der Waals surface area contributed by atoms with E-state index in [1.807, 2.05) is 39.1 Å². The van der Waals surface area contributed by atoms with E-state index in [4.69, 9.17) is 4.74 Å². The number of ether oxygens (including phenoxy) is 1. The lowest BCUT2D eigenvalue weighted by atomic mass is 10.2. The lowest BCUT2D eigenvalue weighted by Crippen LogP contribution is -2.48. The van der Waals surface area contributed by atoms with E-state index in [2.05, 4.69) is 68.4 Å². The summed E-state index contributed by atoms with van der Waals surface area (Å²) in [5.74, 6) is 2.13. The molecule has 0 N–H and O–H groups in total. The molecule has 3 aromatic heterocycles. The van der Waals surface area contributed by atoms with Crippen molar-refractivity contribution in [3.8, 4) is 22.8 Å². The molecule has 0 atom stereocenters. The van der Waals surface area contributed by atoms with Gasteiger partial charge in [-0.15, -0.1) is 21.5 Å². The first-order valence-electron chi connectivity index (χ1n) is 13.3. The van der Waals surface area contributed by atoms with Crippen LogP contribution >= 0.6 is 23.1 Å². The van der Waals surface area contributed by atoms with Crippen LogP contribution in [0.2, 0.25) is 0 Å². The number of thioether (sulfide) groups is 1. The minimum Gasteiger partial charge on any atom is -0.497 e. The van der Waals surface area contributed by atoms with Crippen molar-refractivity contribution in [1.29, 1.82) is 0 Å². The van der Waals surface area contributed by atoms with Gasteiger partial charge in [-0.3, -0.25) is 14.3 Å². The van der Waals surface area contributed by atoms with Gasteiger partial charge < -0.3 is 14.5 Å². The number of hydrogen-bond acceptors (Lipinski definition) is 9. The molecular formula is C30H29N7O2S2. The third-order valence-electron chi connectivity index (χ3n) is 6.95. The van der Waals surface area contributed by atoms with Gasteiger partial charge in [-0.25, -0.2) is 4.98 Å². The van der Waals surface area contributed by atoms with Crippen LogP contribution in [0.4, 0.5) is 5.69 Å². The van der Waals surface area contributed by atoms with Crippen LogP contribution in [0.3, 0.4) is 0 Å². The molecular weight excluding hydrogens is 555 g/mol. The topological polar surface area (TPSA) is 89.3 Å². The number of carbonyl (C=O) groups excluding carboxylic acids is 1. The molecule has 2 aromatic carbocycles. The first-order chi connectivity index (χ1) is 20.1. The fourth-order valence-electron chi connectivity index (χ4n) is 4.70. The highest BCUT2D eigenvalue weighted by Crippen LogP contribution is 2.30. The smallest absolute Gasteiger partial charge is 0.273 e. The van der Waals surface area contributed by atoms with Gasteiger partial charge in [0, 0.05) is 60.9 Å². The molecule has 0 aliphatic carbocycles. The number of piperazine rings is 1. The van der Waals surface area contributed by atoms with Gasteiger partial charge in [-0.05, 0) is 55.5 Å². The molecule has 9 nitrogen and oxygen atoms in total. The maximum atomic E-state index is 13.2. The van der Waals surface area contributed by atoms with Crippen molar-refractivity contribution in [3.05, 3.63) is 94.7 Å².